The van der Waals surface area contributed by atoms with Crippen molar-refractivity contribution in [2.45, 2.75) is 27.3 Å². The average molecular weight is 469 g/mol. The Morgan fingerprint density at radius 3 is 2.41 bits per heavy atom. The molecule has 2 aromatic heterocycles. The van der Waals surface area contributed by atoms with E-state index in [1.807, 2.05) is 25.1 Å². The van der Waals surface area contributed by atoms with Gasteiger partial charge in [0.05, 0.1) is 29.1 Å². The molecule has 2 aromatic carbocycles. The number of thiophene rings is 1. The molecule has 0 radical (unpaired) electrons. The first-order chi connectivity index (χ1) is 15.3. The summed E-state index contributed by atoms with van der Waals surface area (Å²) in [7, 11) is 0. The van der Waals surface area contributed by atoms with Gasteiger partial charge < -0.3 is 4.74 Å². The van der Waals surface area contributed by atoms with E-state index in [-0.39, 0.29) is 12.3 Å². The van der Waals surface area contributed by atoms with Crippen LogP contribution >= 0.6 is 22.9 Å². The van der Waals surface area contributed by atoms with Crippen LogP contribution in [0.25, 0.3) is 15.9 Å². The topological polar surface area (TPSA) is 70.3 Å². The predicted molar refractivity (Wildman–Crippen MR) is 128 cm³/mol. The van der Waals surface area contributed by atoms with E-state index < -0.39 is 11.2 Å². The van der Waals surface area contributed by atoms with Crippen molar-refractivity contribution in [2.24, 2.45) is 0 Å². The normalized spacial score (nSPS) is 11.1. The highest BCUT2D eigenvalue weighted by Gasteiger charge is 2.22. The van der Waals surface area contributed by atoms with E-state index in [1.54, 1.807) is 37.3 Å². The van der Waals surface area contributed by atoms with E-state index >= 15 is 0 Å². The molecule has 0 aliphatic heterocycles. The molecule has 4 aromatic rings. The fourth-order valence-electron chi connectivity index (χ4n) is 3.70. The van der Waals surface area contributed by atoms with Gasteiger partial charge >= 0.3 is 5.69 Å². The van der Waals surface area contributed by atoms with Gasteiger partial charge in [-0.05, 0) is 62.2 Å². The lowest BCUT2D eigenvalue weighted by Gasteiger charge is -2.13. The van der Waals surface area contributed by atoms with Crippen molar-refractivity contribution < 1.29 is 9.53 Å². The monoisotopic (exact) mass is 468 g/mol. The number of aromatic nitrogens is 2. The highest BCUT2D eigenvalue weighted by Crippen LogP contribution is 2.29. The van der Waals surface area contributed by atoms with E-state index in [4.69, 9.17) is 16.3 Å². The summed E-state index contributed by atoms with van der Waals surface area (Å²) < 4.78 is 8.12. The minimum atomic E-state index is -0.497. The molecule has 0 unspecified atom stereocenters. The second kappa shape index (κ2) is 8.76. The molecule has 0 aliphatic carbocycles. The molecule has 0 amide bonds. The number of Topliss-reactive ketones (excluding diaryl/α,β-unsaturated/α-hetero) is 1. The van der Waals surface area contributed by atoms with Gasteiger partial charge in [-0.2, -0.15) is 0 Å². The van der Waals surface area contributed by atoms with Crippen molar-refractivity contribution in [2.75, 3.05) is 6.61 Å². The predicted octanol–water partition coefficient (Wildman–Crippen LogP) is 4.83. The second-order valence-electron chi connectivity index (χ2n) is 7.32. The van der Waals surface area contributed by atoms with E-state index in [1.165, 1.54) is 11.5 Å². The standard InChI is InChI=1S/C24H21ClN2O4S/c1-4-31-18-11-9-17(10-12-18)27-22(29)20-14(2)21(15(3)28)32-23(20)26(24(27)30)13-16-7-5-6-8-19(16)25/h5-12H,4,13H2,1-3H3. The van der Waals surface area contributed by atoms with Crippen LogP contribution in [-0.2, 0) is 6.54 Å². The van der Waals surface area contributed by atoms with E-state index in [2.05, 4.69) is 0 Å². The fourth-order valence-corrected chi connectivity index (χ4v) is 5.09. The molecular weight excluding hydrogens is 448 g/mol. The molecule has 164 valence electrons. The lowest BCUT2D eigenvalue weighted by molar-refractivity contribution is 0.102. The Hall–Kier alpha value is -3.16. The molecule has 0 atom stereocenters. The molecule has 8 heteroatoms. The third kappa shape index (κ3) is 3.78. The van der Waals surface area contributed by atoms with Gasteiger partial charge in [-0.1, -0.05) is 29.8 Å². The Morgan fingerprint density at radius 2 is 1.78 bits per heavy atom. The molecule has 0 saturated heterocycles. The first kappa shape index (κ1) is 22.0. The number of carbonyl (C=O) groups excluding carboxylic acids is 1. The Bertz CT molecular complexity index is 1450. The molecule has 32 heavy (non-hydrogen) atoms. The summed E-state index contributed by atoms with van der Waals surface area (Å²) in [5.74, 6) is 0.500. The van der Waals surface area contributed by atoms with Gasteiger partial charge in [0.15, 0.2) is 5.78 Å². The van der Waals surface area contributed by atoms with Gasteiger partial charge in [-0.15, -0.1) is 11.3 Å². The zero-order chi connectivity index (χ0) is 23.0. The Labute approximate surface area is 193 Å². The number of ether oxygens (including phenoxy) is 1. The van der Waals surface area contributed by atoms with Crippen molar-refractivity contribution in [3.63, 3.8) is 0 Å². The van der Waals surface area contributed by atoms with E-state index in [0.717, 1.165) is 21.5 Å². The maximum atomic E-state index is 13.6. The Balaban J connectivity index is 2.03. The number of benzene rings is 2. The molecule has 6 nitrogen and oxygen atoms in total. The van der Waals surface area contributed by atoms with Crippen molar-refractivity contribution in [1.29, 1.82) is 0 Å². The SMILES string of the molecule is CCOc1ccc(-n2c(=O)c3c(C)c(C(C)=O)sc3n(Cc3ccccc3Cl)c2=O)cc1. The second-order valence-corrected chi connectivity index (χ2v) is 8.73. The number of ketones is 1. The average Bonchev–Trinajstić information content (AvgIpc) is 3.11. The summed E-state index contributed by atoms with van der Waals surface area (Å²) in [4.78, 5) is 40.2. The van der Waals surface area contributed by atoms with Gasteiger partial charge in [0.1, 0.15) is 10.6 Å². The lowest BCUT2D eigenvalue weighted by Crippen LogP contribution is -2.39. The number of hydrogen-bond acceptors (Lipinski definition) is 5. The van der Waals surface area contributed by atoms with Crippen molar-refractivity contribution in [3.05, 3.63) is 90.4 Å². The summed E-state index contributed by atoms with van der Waals surface area (Å²) >= 11 is 7.51. The fraction of sp³-hybridized carbons (Fsp3) is 0.208. The van der Waals surface area contributed by atoms with Crippen molar-refractivity contribution >= 4 is 38.9 Å². The van der Waals surface area contributed by atoms with Crippen LogP contribution in [0.3, 0.4) is 0 Å². The summed E-state index contributed by atoms with van der Waals surface area (Å²) in [6, 6.07) is 14.0. The first-order valence-electron chi connectivity index (χ1n) is 10.1. The smallest absolute Gasteiger partial charge is 0.337 e. The summed E-state index contributed by atoms with van der Waals surface area (Å²) in [6.07, 6.45) is 0. The van der Waals surface area contributed by atoms with Crippen LogP contribution in [-0.4, -0.2) is 21.5 Å². The van der Waals surface area contributed by atoms with E-state index in [9.17, 15) is 14.4 Å². The number of rotatable bonds is 6. The van der Waals surface area contributed by atoms with Crippen LogP contribution in [0.1, 0.15) is 34.6 Å². The first-order valence-corrected chi connectivity index (χ1v) is 11.3. The summed E-state index contributed by atoms with van der Waals surface area (Å²) in [5.41, 5.74) is 0.793. The van der Waals surface area contributed by atoms with Crippen LogP contribution in [0.4, 0.5) is 0 Å². The van der Waals surface area contributed by atoms with Crippen LogP contribution in [0, 0.1) is 6.92 Å². The molecule has 0 spiro atoms. The highest BCUT2D eigenvalue weighted by molar-refractivity contribution is 7.20. The lowest BCUT2D eigenvalue weighted by atomic mass is 10.1. The highest BCUT2D eigenvalue weighted by atomic mass is 35.5. The minimum absolute atomic E-state index is 0.146. The van der Waals surface area contributed by atoms with Crippen LogP contribution in [0.2, 0.25) is 5.02 Å². The minimum Gasteiger partial charge on any atom is -0.494 e. The van der Waals surface area contributed by atoms with Crippen molar-refractivity contribution in [3.8, 4) is 11.4 Å². The largest absolute Gasteiger partial charge is 0.494 e. The van der Waals surface area contributed by atoms with Gasteiger partial charge in [0, 0.05) is 5.02 Å². The van der Waals surface area contributed by atoms with Gasteiger partial charge in [-0.25, -0.2) is 9.36 Å². The van der Waals surface area contributed by atoms with Crippen LogP contribution in [0.15, 0.2) is 58.1 Å². The zero-order valence-electron chi connectivity index (χ0n) is 17.8. The molecule has 2 heterocycles. The maximum Gasteiger partial charge on any atom is 0.337 e. The summed E-state index contributed by atoms with van der Waals surface area (Å²) in [5, 5.41) is 0.882. The maximum absolute atomic E-state index is 13.6. The van der Waals surface area contributed by atoms with Crippen LogP contribution < -0.4 is 16.0 Å². The molecule has 0 bridgehead atoms. The molecule has 0 fully saturated rings. The van der Waals surface area contributed by atoms with Gasteiger partial charge in [0.25, 0.3) is 5.56 Å². The number of carbonyl (C=O) groups is 1. The third-order valence-electron chi connectivity index (χ3n) is 5.22. The quantitative estimate of drug-likeness (QED) is 0.380. The van der Waals surface area contributed by atoms with Crippen LogP contribution in [0.5, 0.6) is 5.75 Å². The number of fused-ring (bicyclic) bond motifs is 1. The molecule has 0 aliphatic rings. The van der Waals surface area contributed by atoms with Gasteiger partial charge in [0.2, 0.25) is 0 Å². The molecule has 0 saturated carbocycles. The summed E-state index contributed by atoms with van der Waals surface area (Å²) in [6.45, 7) is 5.76. The number of hydrogen-bond donors (Lipinski definition) is 0. The molecule has 0 N–H and O–H groups in total. The molecule has 4 rings (SSSR count). The number of nitrogens with zero attached hydrogens (tertiary/aromatic N) is 2. The zero-order valence-corrected chi connectivity index (χ0v) is 19.4. The van der Waals surface area contributed by atoms with Gasteiger partial charge in [-0.3, -0.25) is 14.2 Å². The Morgan fingerprint density at radius 1 is 1.09 bits per heavy atom. The number of aryl methyl sites for hydroxylation is 1. The third-order valence-corrected chi connectivity index (χ3v) is 7.01. The van der Waals surface area contributed by atoms with E-state index in [0.29, 0.717) is 43.7 Å². The molecular formula is C24H21ClN2O4S. The Kier molecular flexibility index (Phi) is 6.04. The van der Waals surface area contributed by atoms with Crippen molar-refractivity contribution in [1.82, 2.24) is 9.13 Å². The number of halogens is 1.